The molecule has 2 N–H and O–H groups in total. The van der Waals surface area contributed by atoms with Gasteiger partial charge in [-0.1, -0.05) is 20.8 Å². The number of aliphatic hydroxyl groups excluding tert-OH is 1. The maximum absolute atomic E-state index is 12.7. The first kappa shape index (κ1) is 14.5. The zero-order valence-electron chi connectivity index (χ0n) is 11.3. The van der Waals surface area contributed by atoms with E-state index in [4.69, 9.17) is 5.11 Å². The molecular weight excluding hydrogens is 216 g/mol. The van der Waals surface area contributed by atoms with Gasteiger partial charge in [-0.2, -0.15) is 0 Å². The molecule has 1 heterocycles. The van der Waals surface area contributed by atoms with E-state index in [9.17, 15) is 4.79 Å². The van der Waals surface area contributed by atoms with E-state index in [1.807, 2.05) is 4.90 Å². The van der Waals surface area contributed by atoms with E-state index in [1.165, 1.54) is 0 Å². The van der Waals surface area contributed by atoms with Crippen LogP contribution in [-0.4, -0.2) is 48.7 Å². The molecule has 0 radical (unpaired) electrons. The first-order chi connectivity index (χ1) is 8.08. The molecule has 4 nitrogen and oxygen atoms in total. The van der Waals surface area contributed by atoms with E-state index >= 15 is 0 Å². The number of carbonyl (C=O) groups is 1. The maximum atomic E-state index is 12.7. The van der Waals surface area contributed by atoms with Crippen LogP contribution in [0.5, 0.6) is 0 Å². The molecule has 0 aromatic heterocycles. The van der Waals surface area contributed by atoms with Gasteiger partial charge < -0.3 is 15.3 Å². The summed E-state index contributed by atoms with van der Waals surface area (Å²) < 4.78 is 0. The topological polar surface area (TPSA) is 52.6 Å². The van der Waals surface area contributed by atoms with Crippen LogP contribution in [0.3, 0.4) is 0 Å². The lowest BCUT2D eigenvalue weighted by Crippen LogP contribution is -2.49. The van der Waals surface area contributed by atoms with Crippen LogP contribution >= 0.6 is 0 Å². The van der Waals surface area contributed by atoms with Crippen LogP contribution in [0.1, 0.15) is 33.6 Å². The minimum atomic E-state index is -0.260. The summed E-state index contributed by atoms with van der Waals surface area (Å²) in [6.45, 7) is 9.25. The van der Waals surface area contributed by atoms with Crippen LogP contribution in [0.15, 0.2) is 0 Å². The fourth-order valence-electron chi connectivity index (χ4n) is 2.65. The van der Waals surface area contributed by atoms with Crippen LogP contribution in [0.4, 0.5) is 0 Å². The SMILES string of the molecule is CCCN(CCO)C(=O)C1(C(C)C)CCNC1. The summed E-state index contributed by atoms with van der Waals surface area (Å²) in [5.41, 5.74) is -0.260. The Morgan fingerprint density at radius 2 is 2.18 bits per heavy atom. The van der Waals surface area contributed by atoms with Crippen molar-refractivity contribution in [3.63, 3.8) is 0 Å². The molecule has 1 atom stereocenters. The standard InChI is InChI=1S/C13H26N2O2/c1-4-7-15(8-9-16)12(17)13(11(2)3)5-6-14-10-13/h11,14,16H,4-10H2,1-3H3. The highest BCUT2D eigenvalue weighted by atomic mass is 16.3. The van der Waals surface area contributed by atoms with Gasteiger partial charge in [-0.15, -0.1) is 0 Å². The van der Waals surface area contributed by atoms with Gasteiger partial charge in [0.25, 0.3) is 0 Å². The third-order valence-corrected chi connectivity index (χ3v) is 3.87. The highest BCUT2D eigenvalue weighted by Gasteiger charge is 2.45. The third kappa shape index (κ3) is 2.99. The van der Waals surface area contributed by atoms with Gasteiger partial charge in [-0.05, 0) is 25.3 Å². The fraction of sp³-hybridized carbons (Fsp3) is 0.923. The van der Waals surface area contributed by atoms with Gasteiger partial charge in [0.1, 0.15) is 0 Å². The number of rotatable bonds is 6. The molecule has 17 heavy (non-hydrogen) atoms. The van der Waals surface area contributed by atoms with Crippen molar-refractivity contribution in [2.24, 2.45) is 11.3 Å². The van der Waals surface area contributed by atoms with Gasteiger partial charge in [-0.3, -0.25) is 4.79 Å². The van der Waals surface area contributed by atoms with E-state index in [0.29, 0.717) is 12.5 Å². The van der Waals surface area contributed by atoms with Crippen molar-refractivity contribution < 1.29 is 9.90 Å². The molecule has 0 aromatic rings. The summed E-state index contributed by atoms with van der Waals surface area (Å²) in [6.07, 6.45) is 1.85. The Hall–Kier alpha value is -0.610. The molecule has 0 spiro atoms. The molecule has 1 unspecified atom stereocenters. The molecular formula is C13H26N2O2. The minimum Gasteiger partial charge on any atom is -0.395 e. The number of hydrogen-bond acceptors (Lipinski definition) is 3. The molecule has 1 fully saturated rings. The number of carbonyl (C=O) groups excluding carboxylic acids is 1. The van der Waals surface area contributed by atoms with Crippen molar-refractivity contribution in [3.05, 3.63) is 0 Å². The second kappa shape index (κ2) is 6.36. The lowest BCUT2D eigenvalue weighted by molar-refractivity contribution is -0.144. The lowest BCUT2D eigenvalue weighted by Gasteiger charge is -2.36. The summed E-state index contributed by atoms with van der Waals surface area (Å²) in [7, 11) is 0. The zero-order chi connectivity index (χ0) is 12.9. The van der Waals surface area contributed by atoms with Gasteiger partial charge in [0, 0.05) is 19.6 Å². The van der Waals surface area contributed by atoms with Gasteiger partial charge in [0.05, 0.1) is 12.0 Å². The number of nitrogens with one attached hydrogen (secondary N) is 1. The Morgan fingerprint density at radius 3 is 2.59 bits per heavy atom. The highest BCUT2D eigenvalue weighted by molar-refractivity contribution is 5.83. The normalized spacial score (nSPS) is 24.3. The van der Waals surface area contributed by atoms with Crippen molar-refractivity contribution in [1.29, 1.82) is 0 Å². The first-order valence-electron chi connectivity index (χ1n) is 6.69. The quantitative estimate of drug-likeness (QED) is 0.726. The Morgan fingerprint density at radius 1 is 1.47 bits per heavy atom. The second-order valence-corrected chi connectivity index (χ2v) is 5.25. The summed E-state index contributed by atoms with van der Waals surface area (Å²) in [5.74, 6) is 0.552. The maximum Gasteiger partial charge on any atom is 0.230 e. The number of hydrogen-bond donors (Lipinski definition) is 2. The second-order valence-electron chi connectivity index (χ2n) is 5.25. The van der Waals surface area contributed by atoms with Crippen LogP contribution < -0.4 is 5.32 Å². The average Bonchev–Trinajstić information content (AvgIpc) is 2.78. The summed E-state index contributed by atoms with van der Waals surface area (Å²) >= 11 is 0. The third-order valence-electron chi connectivity index (χ3n) is 3.87. The smallest absolute Gasteiger partial charge is 0.230 e. The van der Waals surface area contributed by atoms with Crippen LogP contribution in [0, 0.1) is 11.3 Å². The Labute approximate surface area is 104 Å². The zero-order valence-corrected chi connectivity index (χ0v) is 11.3. The van der Waals surface area contributed by atoms with Crippen molar-refractivity contribution in [2.75, 3.05) is 32.8 Å². The number of aliphatic hydroxyl groups is 1. The van der Waals surface area contributed by atoms with Gasteiger partial charge >= 0.3 is 0 Å². The molecule has 1 saturated heterocycles. The molecule has 0 aliphatic carbocycles. The molecule has 0 aromatic carbocycles. The Balaban J connectivity index is 2.81. The molecule has 1 rings (SSSR count). The molecule has 1 amide bonds. The van der Waals surface area contributed by atoms with Gasteiger partial charge in [0.2, 0.25) is 5.91 Å². The molecule has 1 aliphatic heterocycles. The van der Waals surface area contributed by atoms with Crippen LogP contribution in [-0.2, 0) is 4.79 Å². The Kier molecular flexibility index (Phi) is 5.40. The van der Waals surface area contributed by atoms with E-state index in [1.54, 1.807) is 0 Å². The lowest BCUT2D eigenvalue weighted by atomic mass is 9.75. The van der Waals surface area contributed by atoms with E-state index in [2.05, 4.69) is 26.1 Å². The summed E-state index contributed by atoms with van der Waals surface area (Å²) in [6, 6.07) is 0. The molecule has 4 heteroatoms. The predicted molar refractivity (Wildman–Crippen MR) is 68.7 cm³/mol. The van der Waals surface area contributed by atoms with Crippen molar-refractivity contribution in [3.8, 4) is 0 Å². The van der Waals surface area contributed by atoms with E-state index < -0.39 is 0 Å². The van der Waals surface area contributed by atoms with Crippen molar-refractivity contribution in [2.45, 2.75) is 33.6 Å². The fourth-order valence-corrected chi connectivity index (χ4v) is 2.65. The molecule has 1 aliphatic rings. The Bertz CT molecular complexity index is 242. The predicted octanol–water partition coefficient (Wildman–Crippen LogP) is 0.853. The molecule has 0 saturated carbocycles. The van der Waals surface area contributed by atoms with E-state index in [-0.39, 0.29) is 17.9 Å². The van der Waals surface area contributed by atoms with Crippen LogP contribution in [0.2, 0.25) is 0 Å². The van der Waals surface area contributed by atoms with Crippen molar-refractivity contribution in [1.82, 2.24) is 10.2 Å². The van der Waals surface area contributed by atoms with Gasteiger partial charge in [0.15, 0.2) is 0 Å². The largest absolute Gasteiger partial charge is 0.395 e. The molecule has 0 bridgehead atoms. The molecule has 100 valence electrons. The first-order valence-corrected chi connectivity index (χ1v) is 6.69. The summed E-state index contributed by atoms with van der Waals surface area (Å²) in [4.78, 5) is 14.5. The average molecular weight is 242 g/mol. The highest BCUT2D eigenvalue weighted by Crippen LogP contribution is 2.36. The number of amides is 1. The summed E-state index contributed by atoms with van der Waals surface area (Å²) in [5, 5.41) is 12.4. The van der Waals surface area contributed by atoms with Crippen LogP contribution in [0.25, 0.3) is 0 Å². The van der Waals surface area contributed by atoms with E-state index in [0.717, 1.165) is 32.5 Å². The van der Waals surface area contributed by atoms with Gasteiger partial charge in [-0.25, -0.2) is 0 Å². The minimum absolute atomic E-state index is 0.0490. The van der Waals surface area contributed by atoms with Crippen molar-refractivity contribution >= 4 is 5.91 Å². The monoisotopic (exact) mass is 242 g/mol. The number of nitrogens with zero attached hydrogens (tertiary/aromatic N) is 1.